The predicted octanol–water partition coefficient (Wildman–Crippen LogP) is 5.16. The summed E-state index contributed by atoms with van der Waals surface area (Å²) in [5.41, 5.74) is 0.553. The Morgan fingerprint density at radius 3 is 2.63 bits per heavy atom. The maximum absolute atomic E-state index is 12.6. The Morgan fingerprint density at radius 1 is 1.27 bits per heavy atom. The summed E-state index contributed by atoms with van der Waals surface area (Å²) >= 11 is 7.68. The van der Waals surface area contributed by atoms with E-state index in [-0.39, 0.29) is 18.0 Å². The van der Waals surface area contributed by atoms with Crippen LogP contribution in [0.1, 0.15) is 40.0 Å². The van der Waals surface area contributed by atoms with Crippen molar-refractivity contribution in [1.82, 2.24) is 14.8 Å². The Bertz CT molecular complexity index is 901. The van der Waals surface area contributed by atoms with Gasteiger partial charge >= 0.3 is 6.09 Å². The standard InChI is InChI=1S/C22H30ClN3O3S/c1-22(2,3)29-21(28)26-10-7-17(8-11-26)25(4)20(27)9-12-30-19-14-15-13-16(23)5-6-18(15)24-19/h5-6,13-14,17,24H,7-12H2,1-4H3. The predicted molar refractivity (Wildman–Crippen MR) is 122 cm³/mol. The number of nitrogens with one attached hydrogen (secondary N) is 1. The van der Waals surface area contributed by atoms with Crippen LogP contribution in [0.5, 0.6) is 0 Å². The topological polar surface area (TPSA) is 65.6 Å². The van der Waals surface area contributed by atoms with Gasteiger partial charge in [0.1, 0.15) is 5.60 Å². The van der Waals surface area contributed by atoms with Crippen LogP contribution in [0.15, 0.2) is 29.3 Å². The molecule has 0 spiro atoms. The minimum absolute atomic E-state index is 0.136. The molecule has 164 valence electrons. The number of rotatable bonds is 5. The van der Waals surface area contributed by atoms with Gasteiger partial charge in [0, 0.05) is 54.3 Å². The molecule has 2 amide bonds. The van der Waals surface area contributed by atoms with Gasteiger partial charge in [0.2, 0.25) is 5.91 Å². The number of thioether (sulfide) groups is 1. The summed E-state index contributed by atoms with van der Waals surface area (Å²) < 4.78 is 5.44. The van der Waals surface area contributed by atoms with Crippen molar-refractivity contribution >= 4 is 46.3 Å². The number of benzene rings is 1. The lowest BCUT2D eigenvalue weighted by Gasteiger charge is -2.37. The highest BCUT2D eigenvalue weighted by Crippen LogP contribution is 2.26. The zero-order chi connectivity index (χ0) is 21.9. The van der Waals surface area contributed by atoms with E-state index in [1.807, 2.05) is 50.9 Å². The summed E-state index contributed by atoms with van der Waals surface area (Å²) in [6.07, 6.45) is 1.75. The zero-order valence-corrected chi connectivity index (χ0v) is 19.6. The summed E-state index contributed by atoms with van der Waals surface area (Å²) in [6, 6.07) is 7.98. The summed E-state index contributed by atoms with van der Waals surface area (Å²) in [5, 5.41) is 2.83. The van der Waals surface area contributed by atoms with Crippen molar-refractivity contribution in [2.24, 2.45) is 0 Å². The maximum atomic E-state index is 12.6. The van der Waals surface area contributed by atoms with Gasteiger partial charge in [0.25, 0.3) is 0 Å². The van der Waals surface area contributed by atoms with Crippen LogP contribution < -0.4 is 0 Å². The highest BCUT2D eigenvalue weighted by Gasteiger charge is 2.29. The van der Waals surface area contributed by atoms with Gasteiger partial charge in [-0.15, -0.1) is 11.8 Å². The number of halogens is 1. The highest BCUT2D eigenvalue weighted by atomic mass is 35.5. The lowest BCUT2D eigenvalue weighted by molar-refractivity contribution is -0.132. The summed E-state index contributed by atoms with van der Waals surface area (Å²) in [6.45, 7) is 6.83. The Balaban J connectivity index is 1.43. The van der Waals surface area contributed by atoms with Gasteiger partial charge in [-0.05, 0) is 57.9 Å². The number of H-pyrrole nitrogens is 1. The number of ether oxygens (including phenoxy) is 1. The number of aromatic amines is 1. The van der Waals surface area contributed by atoms with Crippen molar-refractivity contribution in [1.29, 1.82) is 0 Å². The van der Waals surface area contributed by atoms with E-state index in [0.29, 0.717) is 30.3 Å². The quantitative estimate of drug-likeness (QED) is 0.637. The average molecular weight is 452 g/mol. The van der Waals surface area contributed by atoms with Crippen molar-refractivity contribution in [2.45, 2.75) is 56.7 Å². The fraction of sp³-hybridized carbons (Fsp3) is 0.545. The fourth-order valence-corrected chi connectivity index (χ4v) is 4.61. The van der Waals surface area contributed by atoms with E-state index >= 15 is 0 Å². The van der Waals surface area contributed by atoms with Gasteiger partial charge in [-0.25, -0.2) is 4.79 Å². The number of carbonyl (C=O) groups excluding carboxylic acids is 2. The van der Waals surface area contributed by atoms with Gasteiger partial charge in [-0.1, -0.05) is 11.6 Å². The molecule has 0 saturated carbocycles. The molecule has 1 saturated heterocycles. The van der Waals surface area contributed by atoms with Crippen molar-refractivity contribution < 1.29 is 14.3 Å². The number of piperidine rings is 1. The first-order chi connectivity index (χ1) is 14.1. The minimum atomic E-state index is -0.490. The molecule has 1 aromatic carbocycles. The molecule has 2 aromatic rings. The molecular formula is C22H30ClN3O3S. The van der Waals surface area contributed by atoms with E-state index in [4.69, 9.17) is 16.3 Å². The number of aromatic nitrogens is 1. The zero-order valence-electron chi connectivity index (χ0n) is 18.0. The number of hydrogen-bond donors (Lipinski definition) is 1. The first-order valence-electron chi connectivity index (χ1n) is 10.3. The first-order valence-corrected chi connectivity index (χ1v) is 11.6. The molecule has 6 nitrogen and oxygen atoms in total. The van der Waals surface area contributed by atoms with E-state index in [1.54, 1.807) is 16.7 Å². The van der Waals surface area contributed by atoms with Crippen LogP contribution in [0, 0.1) is 0 Å². The number of amides is 2. The van der Waals surface area contributed by atoms with Gasteiger partial charge in [-0.2, -0.15) is 0 Å². The molecule has 3 rings (SSSR count). The maximum Gasteiger partial charge on any atom is 0.410 e. The van der Waals surface area contributed by atoms with Crippen LogP contribution in [-0.4, -0.2) is 64.3 Å². The lowest BCUT2D eigenvalue weighted by Crippen LogP contribution is -2.48. The SMILES string of the molecule is CN(C(=O)CCSc1cc2cc(Cl)ccc2[nH]1)C1CCN(C(=O)OC(C)(C)C)CC1. The van der Waals surface area contributed by atoms with Crippen LogP contribution in [-0.2, 0) is 9.53 Å². The molecule has 1 N–H and O–H groups in total. The molecular weight excluding hydrogens is 422 g/mol. The molecule has 0 aliphatic carbocycles. The van der Waals surface area contributed by atoms with E-state index in [1.165, 1.54) is 0 Å². The van der Waals surface area contributed by atoms with E-state index in [2.05, 4.69) is 11.1 Å². The minimum Gasteiger partial charge on any atom is -0.444 e. The average Bonchev–Trinajstić information content (AvgIpc) is 3.07. The largest absolute Gasteiger partial charge is 0.444 e. The second-order valence-electron chi connectivity index (χ2n) is 8.67. The van der Waals surface area contributed by atoms with Gasteiger partial charge < -0.3 is 19.5 Å². The molecule has 1 fully saturated rings. The molecule has 0 unspecified atom stereocenters. The van der Waals surface area contributed by atoms with Gasteiger partial charge in [0.15, 0.2) is 0 Å². The Hall–Kier alpha value is -1.86. The molecule has 0 atom stereocenters. The molecule has 8 heteroatoms. The lowest BCUT2D eigenvalue weighted by atomic mass is 10.0. The normalized spacial score (nSPS) is 15.4. The van der Waals surface area contributed by atoms with Crippen LogP contribution in [0.25, 0.3) is 10.9 Å². The fourth-order valence-electron chi connectivity index (χ4n) is 3.55. The first kappa shape index (κ1) is 22.8. The highest BCUT2D eigenvalue weighted by molar-refractivity contribution is 7.99. The second kappa shape index (κ2) is 9.52. The van der Waals surface area contributed by atoms with Crippen LogP contribution in [0.2, 0.25) is 5.02 Å². The molecule has 0 radical (unpaired) electrons. The summed E-state index contributed by atoms with van der Waals surface area (Å²) in [7, 11) is 1.87. The number of fused-ring (bicyclic) bond motifs is 1. The van der Waals surface area contributed by atoms with Crippen LogP contribution in [0.4, 0.5) is 4.79 Å². The van der Waals surface area contributed by atoms with E-state index in [9.17, 15) is 9.59 Å². The number of carbonyl (C=O) groups is 2. The van der Waals surface area contributed by atoms with Crippen LogP contribution >= 0.6 is 23.4 Å². The monoisotopic (exact) mass is 451 g/mol. The molecule has 2 heterocycles. The molecule has 1 aliphatic rings. The van der Waals surface area contributed by atoms with Crippen molar-refractivity contribution in [3.8, 4) is 0 Å². The molecule has 1 aromatic heterocycles. The molecule has 0 bridgehead atoms. The third-order valence-corrected chi connectivity index (χ3v) is 6.36. The third kappa shape index (κ3) is 6.08. The molecule has 30 heavy (non-hydrogen) atoms. The van der Waals surface area contributed by atoms with Crippen molar-refractivity contribution in [3.05, 3.63) is 29.3 Å². The Labute approximate surface area is 187 Å². The number of likely N-dealkylation sites (tertiary alicyclic amines) is 1. The summed E-state index contributed by atoms with van der Waals surface area (Å²) in [5.74, 6) is 0.845. The smallest absolute Gasteiger partial charge is 0.410 e. The van der Waals surface area contributed by atoms with E-state index in [0.717, 1.165) is 28.8 Å². The third-order valence-electron chi connectivity index (χ3n) is 5.19. The Kier molecular flexibility index (Phi) is 7.24. The van der Waals surface area contributed by atoms with Gasteiger partial charge in [-0.3, -0.25) is 4.79 Å². The van der Waals surface area contributed by atoms with Crippen LogP contribution in [0.3, 0.4) is 0 Å². The van der Waals surface area contributed by atoms with Crippen molar-refractivity contribution in [3.63, 3.8) is 0 Å². The molecule has 1 aliphatic heterocycles. The number of hydrogen-bond acceptors (Lipinski definition) is 4. The van der Waals surface area contributed by atoms with Gasteiger partial charge in [0.05, 0.1) is 5.03 Å². The number of nitrogens with zero attached hydrogens (tertiary/aromatic N) is 2. The van der Waals surface area contributed by atoms with Crippen molar-refractivity contribution in [2.75, 3.05) is 25.9 Å². The second-order valence-corrected chi connectivity index (χ2v) is 10.2. The van der Waals surface area contributed by atoms with E-state index < -0.39 is 5.60 Å². The summed E-state index contributed by atoms with van der Waals surface area (Å²) in [4.78, 5) is 31.8. The Morgan fingerprint density at radius 2 is 1.97 bits per heavy atom.